The number of likely N-dealkylation sites (N-methyl/N-ethyl adjacent to an activating group) is 1. The molecule has 1 amide bonds. The van der Waals surface area contributed by atoms with E-state index in [-0.39, 0.29) is 19.0 Å². The molecule has 7 heteroatoms. The Balaban J connectivity index is 2.23. The van der Waals surface area contributed by atoms with Crippen molar-refractivity contribution in [3.8, 4) is 5.75 Å². The van der Waals surface area contributed by atoms with Crippen LogP contribution in [-0.2, 0) is 9.59 Å². The number of carbonyl (C=O) groups excluding carboxylic acids is 1. The average Bonchev–Trinajstić information content (AvgIpc) is 2.38. The highest BCUT2D eigenvalue weighted by Crippen LogP contribution is 2.22. The van der Waals surface area contributed by atoms with Crippen molar-refractivity contribution in [2.24, 2.45) is 0 Å². The van der Waals surface area contributed by atoms with Crippen molar-refractivity contribution in [1.29, 1.82) is 0 Å². The van der Waals surface area contributed by atoms with Crippen molar-refractivity contribution >= 4 is 23.5 Å². The third-order valence-electron chi connectivity index (χ3n) is 2.42. The second kappa shape index (κ2) is 8.39. The van der Waals surface area contributed by atoms with Gasteiger partial charge in [-0.25, -0.2) is 0 Å². The Labute approximate surface area is 122 Å². The molecule has 1 aromatic rings. The number of aliphatic carboxylic acids is 1. The maximum absolute atomic E-state index is 11.4. The van der Waals surface area contributed by atoms with Crippen molar-refractivity contribution in [3.05, 3.63) is 29.3 Å². The number of nitrogens with zero attached hydrogens (tertiary/aromatic N) is 1. The maximum atomic E-state index is 11.4. The Morgan fingerprint density at radius 1 is 1.40 bits per heavy atom. The first-order valence-corrected chi connectivity index (χ1v) is 6.41. The molecule has 0 saturated carbocycles. The third-order valence-corrected chi connectivity index (χ3v) is 2.73. The van der Waals surface area contributed by atoms with Crippen LogP contribution in [0.15, 0.2) is 24.3 Å². The highest BCUT2D eigenvalue weighted by molar-refractivity contribution is 6.32. The lowest BCUT2D eigenvalue weighted by molar-refractivity contribution is -0.138. The summed E-state index contributed by atoms with van der Waals surface area (Å²) in [5.74, 6) is -0.811. The van der Waals surface area contributed by atoms with Crippen molar-refractivity contribution in [3.63, 3.8) is 0 Å². The molecule has 0 aliphatic carbocycles. The Morgan fingerprint density at radius 3 is 2.75 bits per heavy atom. The summed E-state index contributed by atoms with van der Waals surface area (Å²) in [4.78, 5) is 23.4. The second-order valence-electron chi connectivity index (χ2n) is 4.19. The van der Waals surface area contributed by atoms with Crippen LogP contribution >= 0.6 is 11.6 Å². The highest BCUT2D eigenvalue weighted by Gasteiger charge is 2.08. The van der Waals surface area contributed by atoms with Crippen molar-refractivity contribution in [1.82, 2.24) is 10.2 Å². The number of hydrogen-bond acceptors (Lipinski definition) is 4. The van der Waals surface area contributed by atoms with Crippen LogP contribution in [0.3, 0.4) is 0 Å². The minimum Gasteiger partial charge on any atom is -0.491 e. The molecule has 0 radical (unpaired) electrons. The smallest absolute Gasteiger partial charge is 0.322 e. The van der Waals surface area contributed by atoms with E-state index < -0.39 is 5.97 Å². The topological polar surface area (TPSA) is 78.9 Å². The lowest BCUT2D eigenvalue weighted by Crippen LogP contribution is -2.38. The molecule has 0 atom stereocenters. The van der Waals surface area contributed by atoms with Crippen LogP contribution in [0.5, 0.6) is 5.75 Å². The van der Waals surface area contributed by atoms with E-state index in [2.05, 4.69) is 5.32 Å². The standard InChI is InChI=1S/C13H17ClN2O4/c1-16(9-12(17)15-8-13(18)19)6-7-20-11-5-3-2-4-10(11)14/h2-5H,6-9H2,1H3,(H,15,17)(H,18,19). The fraction of sp³-hybridized carbons (Fsp3) is 0.385. The zero-order valence-corrected chi connectivity index (χ0v) is 11.9. The number of carboxylic acid groups (broad SMARTS) is 1. The Morgan fingerprint density at radius 2 is 2.10 bits per heavy atom. The largest absolute Gasteiger partial charge is 0.491 e. The highest BCUT2D eigenvalue weighted by atomic mass is 35.5. The second-order valence-corrected chi connectivity index (χ2v) is 4.59. The molecule has 0 aromatic heterocycles. The molecule has 1 rings (SSSR count). The van der Waals surface area contributed by atoms with Gasteiger partial charge in [0.05, 0.1) is 11.6 Å². The van der Waals surface area contributed by atoms with Gasteiger partial charge < -0.3 is 15.2 Å². The normalized spacial score (nSPS) is 10.3. The Kier molecular flexibility index (Phi) is 6.83. The molecule has 0 saturated heterocycles. The predicted molar refractivity (Wildman–Crippen MR) is 75.1 cm³/mol. The van der Waals surface area contributed by atoms with Crippen LogP contribution in [0, 0.1) is 0 Å². The van der Waals surface area contributed by atoms with Crippen molar-refractivity contribution in [2.75, 3.05) is 33.3 Å². The summed E-state index contributed by atoms with van der Waals surface area (Å²) in [6.45, 7) is 0.639. The van der Waals surface area contributed by atoms with Crippen molar-refractivity contribution in [2.45, 2.75) is 0 Å². The lowest BCUT2D eigenvalue weighted by Gasteiger charge is -2.16. The first kappa shape index (κ1) is 16.3. The van der Waals surface area contributed by atoms with E-state index >= 15 is 0 Å². The van der Waals surface area contributed by atoms with Gasteiger partial charge in [-0.15, -0.1) is 0 Å². The molecule has 0 spiro atoms. The number of nitrogens with one attached hydrogen (secondary N) is 1. The number of rotatable bonds is 8. The van der Waals surface area contributed by atoms with E-state index in [0.717, 1.165) is 0 Å². The first-order valence-electron chi connectivity index (χ1n) is 6.03. The van der Waals surface area contributed by atoms with Gasteiger partial charge >= 0.3 is 5.97 Å². The summed E-state index contributed by atoms with van der Waals surface area (Å²) in [6.07, 6.45) is 0. The third kappa shape index (κ3) is 6.40. The van der Waals surface area contributed by atoms with Gasteiger partial charge in [0.25, 0.3) is 0 Å². The molecule has 20 heavy (non-hydrogen) atoms. The van der Waals surface area contributed by atoms with E-state index in [9.17, 15) is 9.59 Å². The van der Waals surface area contributed by atoms with E-state index in [1.54, 1.807) is 24.1 Å². The number of halogens is 1. The molecule has 0 fully saturated rings. The van der Waals surface area contributed by atoms with Gasteiger partial charge in [0.2, 0.25) is 5.91 Å². The minimum atomic E-state index is -1.07. The van der Waals surface area contributed by atoms with Crippen LogP contribution in [0.4, 0.5) is 0 Å². The van der Waals surface area contributed by atoms with Gasteiger partial charge in [0.15, 0.2) is 0 Å². The van der Waals surface area contributed by atoms with E-state index in [4.69, 9.17) is 21.4 Å². The van der Waals surface area contributed by atoms with Gasteiger partial charge in [0, 0.05) is 6.54 Å². The van der Waals surface area contributed by atoms with Gasteiger partial charge in [-0.2, -0.15) is 0 Å². The molecule has 6 nitrogen and oxygen atoms in total. The molecular weight excluding hydrogens is 284 g/mol. The zero-order chi connectivity index (χ0) is 15.0. The quantitative estimate of drug-likeness (QED) is 0.744. The zero-order valence-electron chi connectivity index (χ0n) is 11.1. The molecule has 0 unspecified atom stereocenters. The number of ether oxygens (including phenoxy) is 1. The molecular formula is C13H17ClN2O4. The van der Waals surface area contributed by atoms with Gasteiger partial charge in [-0.1, -0.05) is 23.7 Å². The summed E-state index contributed by atoms with van der Waals surface area (Å²) in [6, 6.07) is 7.14. The van der Waals surface area contributed by atoms with Gasteiger partial charge in [-0.3, -0.25) is 14.5 Å². The predicted octanol–water partition coefficient (Wildman–Crippen LogP) is 0.851. The summed E-state index contributed by atoms with van der Waals surface area (Å²) in [7, 11) is 1.75. The van der Waals surface area contributed by atoms with Gasteiger partial charge in [0.1, 0.15) is 18.9 Å². The van der Waals surface area contributed by atoms with E-state index in [1.165, 1.54) is 0 Å². The van der Waals surface area contributed by atoms with Crippen LogP contribution in [0.25, 0.3) is 0 Å². The fourth-order valence-corrected chi connectivity index (χ4v) is 1.62. The number of amides is 1. The number of benzene rings is 1. The summed E-state index contributed by atoms with van der Waals surface area (Å²) in [5, 5.41) is 11.3. The van der Waals surface area contributed by atoms with Crippen LogP contribution < -0.4 is 10.1 Å². The fourth-order valence-electron chi connectivity index (χ4n) is 1.43. The van der Waals surface area contributed by atoms with Crippen LogP contribution in [-0.4, -0.2) is 55.2 Å². The first-order chi connectivity index (χ1) is 9.49. The van der Waals surface area contributed by atoms with Crippen molar-refractivity contribution < 1.29 is 19.4 Å². The number of carbonyl (C=O) groups is 2. The molecule has 0 aliphatic rings. The summed E-state index contributed by atoms with van der Waals surface area (Å²) in [5.41, 5.74) is 0. The number of carboxylic acids is 1. The molecule has 110 valence electrons. The lowest BCUT2D eigenvalue weighted by atomic mass is 10.3. The number of para-hydroxylation sites is 1. The van der Waals surface area contributed by atoms with Crippen LogP contribution in [0.1, 0.15) is 0 Å². The molecule has 2 N–H and O–H groups in total. The molecule has 0 heterocycles. The summed E-state index contributed by atoms with van der Waals surface area (Å²) < 4.78 is 5.49. The Hall–Kier alpha value is -1.79. The van der Waals surface area contributed by atoms with E-state index in [1.807, 2.05) is 12.1 Å². The van der Waals surface area contributed by atoms with E-state index in [0.29, 0.717) is 23.9 Å². The monoisotopic (exact) mass is 300 g/mol. The maximum Gasteiger partial charge on any atom is 0.322 e. The molecule has 0 aliphatic heterocycles. The minimum absolute atomic E-state index is 0.110. The van der Waals surface area contributed by atoms with Gasteiger partial charge in [-0.05, 0) is 19.2 Å². The molecule has 1 aromatic carbocycles. The van der Waals surface area contributed by atoms with Crippen LogP contribution in [0.2, 0.25) is 5.02 Å². The average molecular weight is 301 g/mol. The summed E-state index contributed by atoms with van der Waals surface area (Å²) >= 11 is 5.94. The number of hydrogen-bond donors (Lipinski definition) is 2. The Bertz CT molecular complexity index is 467. The SMILES string of the molecule is CN(CCOc1ccccc1Cl)CC(=O)NCC(=O)O. The molecule has 0 bridgehead atoms.